The number of thioether (sulfide) groups is 1. The van der Waals surface area contributed by atoms with Crippen LogP contribution in [0.3, 0.4) is 0 Å². The summed E-state index contributed by atoms with van der Waals surface area (Å²) in [4.78, 5) is 30.6. The second-order valence-corrected chi connectivity index (χ2v) is 7.76. The summed E-state index contributed by atoms with van der Waals surface area (Å²) in [6.45, 7) is 4.22. The quantitative estimate of drug-likeness (QED) is 0.580. The molecule has 2 rings (SSSR count). The molecule has 0 bridgehead atoms. The second kappa shape index (κ2) is 10.0. The van der Waals surface area contributed by atoms with E-state index in [0.717, 1.165) is 25.1 Å². The molecule has 0 aromatic carbocycles. The molecule has 2 heterocycles. The molecule has 1 fully saturated rings. The first kappa shape index (κ1) is 20.0. The first-order chi connectivity index (χ1) is 12.0. The largest absolute Gasteiger partial charge is 0.355 e. The van der Waals surface area contributed by atoms with Gasteiger partial charge in [-0.15, -0.1) is 0 Å². The van der Waals surface area contributed by atoms with Gasteiger partial charge in [-0.2, -0.15) is 11.8 Å². The number of hydrogen-bond donors (Lipinski definition) is 1. The average Bonchev–Trinajstić information content (AvgIpc) is 2.61. The Kier molecular flexibility index (Phi) is 8.03. The van der Waals surface area contributed by atoms with Crippen LogP contribution in [-0.4, -0.2) is 53.3 Å². The number of likely N-dealkylation sites (tertiary alicyclic amines) is 1. The lowest BCUT2D eigenvalue weighted by Crippen LogP contribution is -2.45. The van der Waals surface area contributed by atoms with Gasteiger partial charge in [0.2, 0.25) is 5.91 Å². The van der Waals surface area contributed by atoms with E-state index in [1.807, 2.05) is 11.2 Å². The summed E-state index contributed by atoms with van der Waals surface area (Å²) < 4.78 is 0. The van der Waals surface area contributed by atoms with E-state index in [0.29, 0.717) is 42.1 Å². The molecule has 1 aromatic heterocycles. The summed E-state index contributed by atoms with van der Waals surface area (Å²) in [6, 6.07) is 3.30. The Balaban J connectivity index is 1.92. The number of piperidine rings is 1. The van der Waals surface area contributed by atoms with Gasteiger partial charge in [0.15, 0.2) is 0 Å². The van der Waals surface area contributed by atoms with Crippen LogP contribution in [-0.2, 0) is 4.79 Å². The van der Waals surface area contributed by atoms with Crippen LogP contribution >= 0.6 is 23.4 Å². The van der Waals surface area contributed by atoms with Crippen LogP contribution in [0.4, 0.5) is 0 Å². The normalized spacial score (nSPS) is 20.4. The maximum atomic E-state index is 12.7. The van der Waals surface area contributed by atoms with Crippen LogP contribution in [0.2, 0.25) is 5.15 Å². The Hall–Kier alpha value is -1.27. The topological polar surface area (TPSA) is 62.3 Å². The fourth-order valence-corrected chi connectivity index (χ4v) is 3.80. The maximum Gasteiger partial charge on any atom is 0.254 e. The second-order valence-electron chi connectivity index (χ2n) is 6.38. The lowest BCUT2D eigenvalue weighted by atomic mass is 9.81. The molecule has 0 saturated carbocycles. The molecule has 1 aromatic rings. The lowest BCUT2D eigenvalue weighted by Gasteiger charge is -2.38. The van der Waals surface area contributed by atoms with Gasteiger partial charge in [0, 0.05) is 43.6 Å². The van der Waals surface area contributed by atoms with Gasteiger partial charge in [-0.1, -0.05) is 24.9 Å². The van der Waals surface area contributed by atoms with Gasteiger partial charge in [-0.25, -0.2) is 4.98 Å². The van der Waals surface area contributed by atoms with Crippen molar-refractivity contribution in [1.82, 2.24) is 15.2 Å². The highest BCUT2D eigenvalue weighted by atomic mass is 35.5. The van der Waals surface area contributed by atoms with E-state index < -0.39 is 0 Å². The number of nitrogens with zero attached hydrogens (tertiary/aromatic N) is 2. The van der Waals surface area contributed by atoms with E-state index in [1.165, 1.54) is 0 Å². The Morgan fingerprint density at radius 2 is 2.24 bits per heavy atom. The first-order valence-corrected chi connectivity index (χ1v) is 10.5. The van der Waals surface area contributed by atoms with Crippen LogP contribution in [0.25, 0.3) is 0 Å². The van der Waals surface area contributed by atoms with Crippen LogP contribution in [0.15, 0.2) is 18.3 Å². The molecular weight excluding hydrogens is 358 g/mol. The van der Waals surface area contributed by atoms with Gasteiger partial charge < -0.3 is 10.2 Å². The number of amides is 2. The van der Waals surface area contributed by atoms with Crippen molar-refractivity contribution in [3.63, 3.8) is 0 Å². The van der Waals surface area contributed by atoms with Crippen LogP contribution in [0.1, 0.15) is 36.5 Å². The molecule has 0 aliphatic carbocycles. The number of pyridine rings is 1. The van der Waals surface area contributed by atoms with Crippen molar-refractivity contribution in [2.24, 2.45) is 11.8 Å². The minimum atomic E-state index is -0.00868. The molecule has 25 heavy (non-hydrogen) atoms. The van der Waals surface area contributed by atoms with Gasteiger partial charge in [0.05, 0.1) is 0 Å². The Bertz CT molecular complexity index is 599. The number of carbonyl (C=O) groups excluding carboxylic acids is 2. The summed E-state index contributed by atoms with van der Waals surface area (Å²) in [5.74, 6) is 1.74. The minimum Gasteiger partial charge on any atom is -0.355 e. The smallest absolute Gasteiger partial charge is 0.254 e. The van der Waals surface area contributed by atoms with E-state index >= 15 is 0 Å². The van der Waals surface area contributed by atoms with Crippen molar-refractivity contribution in [1.29, 1.82) is 0 Å². The molecule has 138 valence electrons. The summed E-state index contributed by atoms with van der Waals surface area (Å²) in [5.41, 5.74) is 0.572. The van der Waals surface area contributed by atoms with E-state index in [4.69, 9.17) is 11.6 Å². The molecule has 0 radical (unpaired) electrons. The van der Waals surface area contributed by atoms with E-state index in [2.05, 4.69) is 17.2 Å². The first-order valence-electron chi connectivity index (χ1n) is 8.71. The van der Waals surface area contributed by atoms with Crippen molar-refractivity contribution in [2.45, 2.75) is 26.2 Å². The molecular formula is C18H26ClN3O2S. The van der Waals surface area contributed by atoms with Crippen molar-refractivity contribution in [2.75, 3.05) is 31.6 Å². The summed E-state index contributed by atoms with van der Waals surface area (Å²) >= 11 is 7.61. The zero-order chi connectivity index (χ0) is 18.2. The predicted molar refractivity (Wildman–Crippen MR) is 103 cm³/mol. The number of halogens is 1. The van der Waals surface area contributed by atoms with Gasteiger partial charge in [-0.3, -0.25) is 9.59 Å². The van der Waals surface area contributed by atoms with Gasteiger partial charge in [0.25, 0.3) is 5.91 Å². The molecule has 1 saturated heterocycles. The van der Waals surface area contributed by atoms with E-state index in [9.17, 15) is 9.59 Å². The molecule has 2 amide bonds. The van der Waals surface area contributed by atoms with Crippen LogP contribution in [0.5, 0.6) is 0 Å². The summed E-state index contributed by atoms with van der Waals surface area (Å²) in [7, 11) is 0. The van der Waals surface area contributed by atoms with Crippen LogP contribution < -0.4 is 5.32 Å². The molecule has 7 heteroatoms. The molecule has 1 N–H and O–H groups in total. The number of rotatable bonds is 7. The molecule has 5 nitrogen and oxygen atoms in total. The molecule has 1 aliphatic heterocycles. The predicted octanol–water partition coefficient (Wildman–Crippen LogP) is 3.09. The third kappa shape index (κ3) is 5.89. The highest BCUT2D eigenvalue weighted by Gasteiger charge is 2.32. The fraction of sp³-hybridized carbons (Fsp3) is 0.611. The highest BCUT2D eigenvalue weighted by molar-refractivity contribution is 7.98. The molecule has 0 unspecified atom stereocenters. The maximum absolute atomic E-state index is 12.7. The van der Waals surface area contributed by atoms with E-state index in [-0.39, 0.29) is 11.8 Å². The van der Waals surface area contributed by atoms with Crippen molar-refractivity contribution in [3.8, 4) is 0 Å². The lowest BCUT2D eigenvalue weighted by molar-refractivity contribution is -0.122. The number of hydrogen-bond acceptors (Lipinski definition) is 4. The standard InChI is InChI=1S/C18H26ClN3O2S/c1-3-13-12-22(18(24)15-4-6-20-16(19)10-15)8-5-14(13)11-17(23)21-7-9-25-2/h4,6,10,13-14H,3,5,7-9,11-12H2,1-2H3,(H,21,23)/t13-,14-/m0/s1. The Labute approximate surface area is 158 Å². The number of nitrogens with one attached hydrogen (secondary N) is 1. The summed E-state index contributed by atoms with van der Waals surface area (Å²) in [5, 5.41) is 3.31. The van der Waals surface area contributed by atoms with Crippen molar-refractivity contribution in [3.05, 3.63) is 29.0 Å². The Morgan fingerprint density at radius 3 is 2.92 bits per heavy atom. The zero-order valence-corrected chi connectivity index (χ0v) is 16.4. The molecule has 2 atom stereocenters. The Morgan fingerprint density at radius 1 is 1.44 bits per heavy atom. The van der Waals surface area contributed by atoms with Crippen molar-refractivity contribution < 1.29 is 9.59 Å². The average molecular weight is 384 g/mol. The number of carbonyl (C=O) groups is 2. The van der Waals surface area contributed by atoms with Crippen molar-refractivity contribution >= 4 is 35.2 Å². The minimum absolute atomic E-state index is 0.00868. The van der Waals surface area contributed by atoms with Gasteiger partial charge in [0.1, 0.15) is 5.15 Å². The van der Waals surface area contributed by atoms with E-state index in [1.54, 1.807) is 30.1 Å². The zero-order valence-electron chi connectivity index (χ0n) is 14.8. The highest BCUT2D eigenvalue weighted by Crippen LogP contribution is 2.29. The third-order valence-corrected chi connectivity index (χ3v) is 5.57. The van der Waals surface area contributed by atoms with Gasteiger partial charge in [-0.05, 0) is 36.6 Å². The van der Waals surface area contributed by atoms with Crippen LogP contribution in [0, 0.1) is 11.8 Å². The fourth-order valence-electron chi connectivity index (χ4n) is 3.32. The monoisotopic (exact) mass is 383 g/mol. The molecule has 1 aliphatic rings. The van der Waals surface area contributed by atoms with Gasteiger partial charge >= 0.3 is 0 Å². The third-order valence-electron chi connectivity index (χ3n) is 4.75. The summed E-state index contributed by atoms with van der Waals surface area (Å²) in [6.07, 6.45) is 5.96. The molecule has 0 spiro atoms. The SMILES string of the molecule is CC[C@H]1CN(C(=O)c2ccnc(Cl)c2)CC[C@H]1CC(=O)NCCSC. The number of aromatic nitrogens is 1.